The summed E-state index contributed by atoms with van der Waals surface area (Å²) in [5.74, 6) is -0.0995. The monoisotopic (exact) mass is 241 g/mol. The molecule has 0 aliphatic rings. The Bertz CT molecular complexity index is 323. The highest BCUT2D eigenvalue weighted by Crippen LogP contribution is 2.11. The topological polar surface area (TPSA) is 84.0 Å². The molecule has 1 rings (SSSR count). The summed E-state index contributed by atoms with van der Waals surface area (Å²) in [5.41, 5.74) is 0. The molecule has 1 aromatic heterocycles. The number of tetrazole rings is 1. The maximum atomic E-state index is 12.2. The molecule has 0 aromatic carbocycles. The first-order valence-corrected chi connectivity index (χ1v) is 5.77. The number of H-pyrrole nitrogens is 1. The van der Waals surface area contributed by atoms with Crippen LogP contribution in [0.4, 0.5) is 0 Å². The summed E-state index contributed by atoms with van der Waals surface area (Å²) in [6, 6.07) is 0.177. The van der Waals surface area contributed by atoms with Gasteiger partial charge in [-0.05, 0) is 18.1 Å². The van der Waals surface area contributed by atoms with Crippen molar-refractivity contribution in [3.8, 4) is 0 Å². The number of ether oxygens (including phenoxy) is 1. The largest absolute Gasteiger partial charge is 0.383 e. The SMILES string of the molecule is CCC(CC)N(CCOC)C(=O)c1nn[nH]n1. The first-order valence-electron chi connectivity index (χ1n) is 5.77. The third kappa shape index (κ3) is 3.48. The Morgan fingerprint density at radius 1 is 1.47 bits per heavy atom. The summed E-state index contributed by atoms with van der Waals surface area (Å²) in [5, 5.41) is 13.1. The maximum Gasteiger partial charge on any atom is 0.295 e. The van der Waals surface area contributed by atoms with E-state index in [9.17, 15) is 4.79 Å². The molecule has 0 atom stereocenters. The van der Waals surface area contributed by atoms with E-state index in [4.69, 9.17) is 4.74 Å². The van der Waals surface area contributed by atoms with Crippen LogP contribution in [0.25, 0.3) is 0 Å². The lowest BCUT2D eigenvalue weighted by atomic mass is 10.1. The van der Waals surface area contributed by atoms with Crippen LogP contribution in [0.3, 0.4) is 0 Å². The zero-order chi connectivity index (χ0) is 12.7. The summed E-state index contributed by atoms with van der Waals surface area (Å²) in [7, 11) is 1.61. The van der Waals surface area contributed by atoms with Gasteiger partial charge >= 0.3 is 0 Å². The Kier molecular flexibility index (Phi) is 5.55. The third-order valence-electron chi connectivity index (χ3n) is 2.72. The highest BCUT2D eigenvalue weighted by Gasteiger charge is 2.24. The second-order valence-corrected chi connectivity index (χ2v) is 3.70. The van der Waals surface area contributed by atoms with Gasteiger partial charge in [-0.1, -0.05) is 13.8 Å². The Hall–Kier alpha value is -1.50. The van der Waals surface area contributed by atoms with Crippen LogP contribution in [-0.2, 0) is 4.74 Å². The molecule has 1 aromatic rings. The van der Waals surface area contributed by atoms with Gasteiger partial charge in [0, 0.05) is 19.7 Å². The predicted octanol–water partition coefficient (Wildman–Crippen LogP) is 0.477. The van der Waals surface area contributed by atoms with E-state index >= 15 is 0 Å². The van der Waals surface area contributed by atoms with Gasteiger partial charge < -0.3 is 9.64 Å². The Morgan fingerprint density at radius 3 is 2.65 bits per heavy atom. The molecule has 1 heterocycles. The number of carbonyl (C=O) groups is 1. The van der Waals surface area contributed by atoms with Crippen molar-refractivity contribution in [1.29, 1.82) is 0 Å². The van der Waals surface area contributed by atoms with E-state index < -0.39 is 0 Å². The third-order valence-corrected chi connectivity index (χ3v) is 2.72. The predicted molar refractivity (Wildman–Crippen MR) is 61.5 cm³/mol. The molecule has 17 heavy (non-hydrogen) atoms. The number of hydrogen-bond acceptors (Lipinski definition) is 5. The van der Waals surface area contributed by atoms with Gasteiger partial charge in [0.15, 0.2) is 0 Å². The standard InChI is InChI=1S/C10H19N5O2/c1-4-8(5-2)15(6-7-17-3)10(16)9-11-13-14-12-9/h8H,4-7H2,1-3H3,(H,11,12,13,14). The molecule has 0 saturated carbocycles. The van der Waals surface area contributed by atoms with Crippen LogP contribution < -0.4 is 0 Å². The van der Waals surface area contributed by atoms with Gasteiger partial charge in [0.25, 0.3) is 11.7 Å². The molecule has 0 unspecified atom stereocenters. The van der Waals surface area contributed by atoms with E-state index in [1.807, 2.05) is 0 Å². The number of nitrogens with one attached hydrogen (secondary N) is 1. The number of rotatable bonds is 7. The van der Waals surface area contributed by atoms with Crippen molar-refractivity contribution in [1.82, 2.24) is 25.5 Å². The van der Waals surface area contributed by atoms with Crippen LogP contribution in [0.2, 0.25) is 0 Å². The van der Waals surface area contributed by atoms with Crippen molar-refractivity contribution in [2.24, 2.45) is 0 Å². The van der Waals surface area contributed by atoms with Crippen LogP contribution in [0.1, 0.15) is 37.3 Å². The lowest BCUT2D eigenvalue weighted by Crippen LogP contribution is -2.42. The van der Waals surface area contributed by atoms with Crippen molar-refractivity contribution in [2.75, 3.05) is 20.3 Å². The number of carbonyl (C=O) groups excluding carboxylic acids is 1. The number of nitrogens with zero attached hydrogens (tertiary/aromatic N) is 4. The molecule has 7 nitrogen and oxygen atoms in total. The molecule has 0 saturated heterocycles. The summed E-state index contributed by atoms with van der Waals surface area (Å²) in [6.45, 7) is 5.14. The fourth-order valence-electron chi connectivity index (χ4n) is 1.75. The highest BCUT2D eigenvalue weighted by atomic mass is 16.5. The fraction of sp³-hybridized carbons (Fsp3) is 0.800. The van der Waals surface area contributed by atoms with E-state index in [1.54, 1.807) is 12.0 Å². The van der Waals surface area contributed by atoms with Crippen LogP contribution in [-0.4, -0.2) is 57.7 Å². The van der Waals surface area contributed by atoms with E-state index in [-0.39, 0.29) is 17.8 Å². The van der Waals surface area contributed by atoms with Gasteiger partial charge in [0.1, 0.15) is 0 Å². The maximum absolute atomic E-state index is 12.2. The van der Waals surface area contributed by atoms with E-state index in [0.717, 1.165) is 12.8 Å². The lowest BCUT2D eigenvalue weighted by molar-refractivity contribution is 0.0577. The van der Waals surface area contributed by atoms with Crippen molar-refractivity contribution in [2.45, 2.75) is 32.7 Å². The zero-order valence-corrected chi connectivity index (χ0v) is 10.5. The summed E-state index contributed by atoms with van der Waals surface area (Å²) < 4.78 is 5.02. The lowest BCUT2D eigenvalue weighted by Gasteiger charge is -2.29. The molecule has 0 radical (unpaired) electrons. The molecule has 7 heteroatoms. The van der Waals surface area contributed by atoms with Crippen LogP contribution in [0.5, 0.6) is 0 Å². The van der Waals surface area contributed by atoms with Gasteiger partial charge in [0.05, 0.1) is 6.61 Å². The molecular weight excluding hydrogens is 222 g/mol. The summed E-state index contributed by atoms with van der Waals surface area (Å²) >= 11 is 0. The minimum atomic E-state index is -0.204. The quantitative estimate of drug-likeness (QED) is 0.750. The first-order chi connectivity index (χ1) is 8.24. The Labute approximate surface area is 101 Å². The number of hydrogen-bond donors (Lipinski definition) is 1. The van der Waals surface area contributed by atoms with Crippen molar-refractivity contribution in [3.63, 3.8) is 0 Å². The zero-order valence-electron chi connectivity index (χ0n) is 10.5. The van der Waals surface area contributed by atoms with Crippen molar-refractivity contribution >= 4 is 5.91 Å². The molecule has 96 valence electrons. The summed E-state index contributed by atoms with van der Waals surface area (Å²) in [4.78, 5) is 13.9. The molecule has 1 amide bonds. The van der Waals surface area contributed by atoms with Gasteiger partial charge in [0.2, 0.25) is 0 Å². The van der Waals surface area contributed by atoms with Crippen LogP contribution in [0.15, 0.2) is 0 Å². The summed E-state index contributed by atoms with van der Waals surface area (Å²) in [6.07, 6.45) is 1.79. The Balaban J connectivity index is 2.77. The Morgan fingerprint density at radius 2 is 2.18 bits per heavy atom. The van der Waals surface area contributed by atoms with Crippen LogP contribution in [0, 0.1) is 0 Å². The number of amides is 1. The van der Waals surface area contributed by atoms with Gasteiger partial charge in [-0.3, -0.25) is 4.79 Å². The average molecular weight is 241 g/mol. The normalized spacial score (nSPS) is 10.8. The fourth-order valence-corrected chi connectivity index (χ4v) is 1.75. The molecule has 1 N–H and O–H groups in total. The number of aromatic amines is 1. The number of aromatic nitrogens is 4. The van der Waals surface area contributed by atoms with E-state index in [2.05, 4.69) is 34.5 Å². The first kappa shape index (κ1) is 13.6. The minimum absolute atomic E-state index is 0.105. The average Bonchev–Trinajstić information content (AvgIpc) is 2.87. The minimum Gasteiger partial charge on any atom is -0.383 e. The van der Waals surface area contributed by atoms with Gasteiger partial charge in [-0.2, -0.15) is 5.21 Å². The molecule has 0 aliphatic carbocycles. The molecule has 0 bridgehead atoms. The molecule has 0 aliphatic heterocycles. The highest BCUT2D eigenvalue weighted by molar-refractivity contribution is 5.90. The van der Waals surface area contributed by atoms with Crippen molar-refractivity contribution in [3.05, 3.63) is 5.82 Å². The molecular formula is C10H19N5O2. The van der Waals surface area contributed by atoms with E-state index in [1.165, 1.54) is 0 Å². The smallest absolute Gasteiger partial charge is 0.295 e. The second kappa shape index (κ2) is 6.95. The second-order valence-electron chi connectivity index (χ2n) is 3.70. The van der Waals surface area contributed by atoms with Gasteiger partial charge in [-0.15, -0.1) is 10.2 Å². The van der Waals surface area contributed by atoms with Gasteiger partial charge in [-0.25, -0.2) is 0 Å². The van der Waals surface area contributed by atoms with Crippen molar-refractivity contribution < 1.29 is 9.53 Å². The molecule has 0 spiro atoms. The number of methoxy groups -OCH3 is 1. The van der Waals surface area contributed by atoms with E-state index in [0.29, 0.717) is 13.2 Å². The van der Waals surface area contributed by atoms with Crippen LogP contribution >= 0.6 is 0 Å². The molecule has 0 fully saturated rings.